The number of carboxylic acids is 1. The first-order chi connectivity index (χ1) is 44.7. The van der Waals surface area contributed by atoms with Gasteiger partial charge in [-0.2, -0.15) is 0 Å². The van der Waals surface area contributed by atoms with E-state index in [-0.39, 0.29) is 0 Å². The standard InChI is InChI=1S/C53H88N4O38/c1-13-29(69)36(76)38(78)49(84-13)93-45-37(77)31(71)20(8-59)88-51(45)92-42-28(57-17(5)66)48(86-21(9-60)32(42)72)91-41-27(56-16(4)65)46(80)85-24(34(41)74)12-83-47-26(55-15(3)64)35(75)40(23(11-62)89-47)90-50-39(79)44(33(73)22(10-61)87-50)95-53(52(81)82)6-18(67)25(54-14(2)63)43(94-53)30(70)19(68)7-58/h13,18-51,58-62,67-80H,6-12H2,1-5H3,(H,54,63)(H,55,64)(H,56,65)(H,57,66)(H,81,82)/t13-,18-,19+,20+,21+,22+,23+,24+,25+,26+,27+,28+,29+,30+,31-,32+,33-,34-,35+,36+,37-,38-,39+,40+,41+,42+,43+,44-,45+,46-,47+,48-,49-,50-,51-,53-/m0/s1. The van der Waals surface area contributed by atoms with E-state index in [4.69, 9.17) is 61.6 Å². The maximum Gasteiger partial charge on any atom is 0.364 e. The number of ether oxygens (including phenoxy) is 13. The zero-order valence-corrected chi connectivity index (χ0v) is 51.4. The van der Waals surface area contributed by atoms with Gasteiger partial charge in [0, 0.05) is 34.1 Å². The van der Waals surface area contributed by atoms with E-state index in [0.717, 1.165) is 27.7 Å². The molecule has 95 heavy (non-hydrogen) atoms. The number of hydrogen-bond donors (Lipinski definition) is 24. The Morgan fingerprint density at radius 3 is 1.48 bits per heavy atom. The summed E-state index contributed by atoms with van der Waals surface area (Å²) in [5.74, 6) is -8.83. The van der Waals surface area contributed by atoms with Gasteiger partial charge in [0.15, 0.2) is 37.7 Å². The van der Waals surface area contributed by atoms with Crippen molar-refractivity contribution >= 4 is 29.6 Å². The van der Waals surface area contributed by atoms with Crippen molar-refractivity contribution in [2.75, 3.05) is 39.6 Å². The highest BCUT2D eigenvalue weighted by Gasteiger charge is 2.62. The molecule has 0 unspecified atom stereocenters. The Hall–Kier alpha value is -3.93. The molecule has 548 valence electrons. The fraction of sp³-hybridized carbons (Fsp3) is 0.906. The predicted octanol–water partition coefficient (Wildman–Crippen LogP) is -15.5. The lowest BCUT2D eigenvalue weighted by atomic mass is 9.88. The summed E-state index contributed by atoms with van der Waals surface area (Å²) in [6.45, 7) is -1.25. The highest BCUT2D eigenvalue weighted by molar-refractivity contribution is 5.77. The van der Waals surface area contributed by atoms with Gasteiger partial charge in [0.2, 0.25) is 23.6 Å². The minimum absolute atomic E-state index is 0.836. The average Bonchev–Trinajstić information content (AvgIpc) is 0.763. The molecule has 0 aliphatic carbocycles. The van der Waals surface area contributed by atoms with Gasteiger partial charge in [0.25, 0.3) is 5.79 Å². The van der Waals surface area contributed by atoms with Crippen molar-refractivity contribution < 1.29 is 188 Å². The molecule has 7 aliphatic heterocycles. The van der Waals surface area contributed by atoms with Crippen molar-refractivity contribution in [2.24, 2.45) is 0 Å². The van der Waals surface area contributed by atoms with Crippen LogP contribution < -0.4 is 21.3 Å². The number of carbonyl (C=O) groups is 5. The summed E-state index contributed by atoms with van der Waals surface area (Å²) in [7, 11) is 0. The Balaban J connectivity index is 1.12. The van der Waals surface area contributed by atoms with Crippen LogP contribution in [0.5, 0.6) is 0 Å². The summed E-state index contributed by atoms with van der Waals surface area (Å²) in [5, 5.41) is 228. The van der Waals surface area contributed by atoms with E-state index in [9.17, 15) is 126 Å². The summed E-state index contributed by atoms with van der Waals surface area (Å²) in [4.78, 5) is 63.7. The second-order valence-corrected chi connectivity index (χ2v) is 24.0. The molecule has 7 aliphatic rings. The normalized spacial score (nSPS) is 46.4. The molecular formula is C53H88N4O38. The molecule has 36 atom stereocenters. The van der Waals surface area contributed by atoms with Gasteiger partial charge in [0.1, 0.15) is 159 Å². The van der Waals surface area contributed by atoms with Crippen LogP contribution in [0.1, 0.15) is 41.0 Å². The van der Waals surface area contributed by atoms with E-state index >= 15 is 0 Å². The molecule has 0 aromatic carbocycles. The van der Waals surface area contributed by atoms with Crippen molar-refractivity contribution in [1.82, 2.24) is 21.3 Å². The third-order valence-corrected chi connectivity index (χ3v) is 17.1. The topological polar surface area (TPSA) is 658 Å². The molecule has 42 heteroatoms. The summed E-state index contributed by atoms with van der Waals surface area (Å²) in [6, 6.07) is -7.17. The Labute approximate surface area is 538 Å². The van der Waals surface area contributed by atoms with E-state index in [0.29, 0.717) is 0 Å². The monoisotopic (exact) mass is 1390 g/mol. The molecule has 0 saturated carbocycles. The first kappa shape index (κ1) is 78.4. The number of aliphatic carboxylic acids is 1. The molecule has 42 nitrogen and oxygen atoms in total. The molecule has 24 N–H and O–H groups in total. The van der Waals surface area contributed by atoms with Gasteiger partial charge in [-0.25, -0.2) is 4.79 Å². The quantitative estimate of drug-likeness (QED) is 0.0404. The van der Waals surface area contributed by atoms with E-state index in [1.165, 1.54) is 6.92 Å². The number of carbonyl (C=O) groups excluding carboxylic acids is 4. The van der Waals surface area contributed by atoms with Crippen LogP contribution in [0.4, 0.5) is 0 Å². The van der Waals surface area contributed by atoms with Crippen LogP contribution in [0.25, 0.3) is 0 Å². The Morgan fingerprint density at radius 2 is 0.916 bits per heavy atom. The fourth-order valence-corrected chi connectivity index (χ4v) is 12.1. The lowest BCUT2D eigenvalue weighted by molar-refractivity contribution is -0.385. The van der Waals surface area contributed by atoms with Gasteiger partial charge in [0.05, 0.1) is 57.9 Å². The summed E-state index contributed by atoms with van der Waals surface area (Å²) >= 11 is 0. The third-order valence-electron chi connectivity index (χ3n) is 17.1. The van der Waals surface area contributed by atoms with Gasteiger partial charge in [-0.3, -0.25) is 19.2 Å². The zero-order valence-electron chi connectivity index (χ0n) is 51.4. The lowest BCUT2D eigenvalue weighted by Crippen LogP contribution is -2.71. The number of aliphatic hydroxyl groups is 19. The summed E-state index contributed by atoms with van der Waals surface area (Å²) in [5.41, 5.74) is 0. The minimum Gasteiger partial charge on any atom is -0.477 e. The van der Waals surface area contributed by atoms with Gasteiger partial charge in [-0.15, -0.1) is 0 Å². The van der Waals surface area contributed by atoms with Gasteiger partial charge < -0.3 is 185 Å². The average molecular weight is 1390 g/mol. The van der Waals surface area contributed by atoms with Crippen LogP contribution in [0.15, 0.2) is 0 Å². The maximum absolute atomic E-state index is 13.1. The van der Waals surface area contributed by atoms with Gasteiger partial charge >= 0.3 is 5.97 Å². The SMILES string of the molecule is CC(=O)N[C@@H]1[C@@H](O[C@@H]2O[C@H](CO)[C@@H](O)[C@H](O[C@@H]3O[C@H](CO)[C@H](O)[C@H](O)[C@H]3O[C@@H]3O[C@@H](C)[C@@H](O)[C@@H](O)[C@@H]3O)[C@H]2NC(C)=O)[C@@H](O)[C@@H](CO[C@@H]2O[C@H](CO)[C@@H](O[C@@H]3O[C@H](CO)[C@H](O)[C@H](O[C@]4(C(=O)O)C[C@H](O)[C@@H](NC(C)=O)[C@H]([C@H](O)[C@H](O)CO)O4)[C@H]3O)[C@H](O)[C@H]2NC(C)=O)O[C@@H]1O. The van der Waals surface area contributed by atoms with Crippen molar-refractivity contribution in [3.8, 4) is 0 Å². The van der Waals surface area contributed by atoms with Crippen LogP contribution in [0, 0.1) is 0 Å². The molecule has 0 radical (unpaired) electrons. The van der Waals surface area contributed by atoms with E-state index in [2.05, 4.69) is 21.3 Å². The highest BCUT2D eigenvalue weighted by atomic mass is 16.8. The van der Waals surface area contributed by atoms with E-state index in [1.807, 2.05) is 0 Å². The van der Waals surface area contributed by atoms with Crippen molar-refractivity contribution in [2.45, 2.75) is 261 Å². The molecule has 7 saturated heterocycles. The van der Waals surface area contributed by atoms with Crippen LogP contribution in [0.2, 0.25) is 0 Å². The van der Waals surface area contributed by atoms with Gasteiger partial charge in [-0.1, -0.05) is 0 Å². The molecule has 4 amide bonds. The lowest BCUT2D eigenvalue weighted by Gasteiger charge is -2.51. The maximum atomic E-state index is 13.1. The first-order valence-electron chi connectivity index (χ1n) is 30.1. The Bertz CT molecular complexity index is 2520. The predicted molar refractivity (Wildman–Crippen MR) is 294 cm³/mol. The Kier molecular flexibility index (Phi) is 27.6. The molecule has 0 spiro atoms. The van der Waals surface area contributed by atoms with Crippen LogP contribution >= 0.6 is 0 Å². The second kappa shape index (κ2) is 33.5. The molecule has 0 aromatic rings. The number of amides is 4. The van der Waals surface area contributed by atoms with Crippen LogP contribution in [-0.4, -0.2) is 392 Å². The number of nitrogens with one attached hydrogen (secondary N) is 4. The van der Waals surface area contributed by atoms with E-state index in [1.54, 1.807) is 0 Å². The molecule has 7 rings (SSSR count). The third kappa shape index (κ3) is 17.5. The van der Waals surface area contributed by atoms with Crippen LogP contribution in [0.3, 0.4) is 0 Å². The number of rotatable bonds is 25. The summed E-state index contributed by atoms with van der Waals surface area (Å²) < 4.78 is 75.8. The summed E-state index contributed by atoms with van der Waals surface area (Å²) in [6.07, 6.45) is -63.1. The highest BCUT2D eigenvalue weighted by Crippen LogP contribution is 2.40. The van der Waals surface area contributed by atoms with Gasteiger partial charge in [-0.05, 0) is 6.92 Å². The number of hydrogen-bond acceptors (Lipinski definition) is 37. The number of carboxylic acid groups (broad SMARTS) is 1. The molecule has 7 fully saturated rings. The van der Waals surface area contributed by atoms with Crippen molar-refractivity contribution in [3.63, 3.8) is 0 Å². The molecular weight excluding hydrogens is 1300 g/mol. The minimum atomic E-state index is -3.22. The number of aliphatic hydroxyl groups excluding tert-OH is 19. The fourth-order valence-electron chi connectivity index (χ4n) is 12.1. The largest absolute Gasteiger partial charge is 0.477 e. The molecule has 7 heterocycles. The van der Waals surface area contributed by atoms with Crippen molar-refractivity contribution in [1.29, 1.82) is 0 Å². The van der Waals surface area contributed by atoms with Crippen LogP contribution in [-0.2, 0) is 85.6 Å². The second-order valence-electron chi connectivity index (χ2n) is 24.0. The zero-order chi connectivity index (χ0) is 70.6. The smallest absolute Gasteiger partial charge is 0.364 e. The Morgan fingerprint density at radius 1 is 0.453 bits per heavy atom. The van der Waals surface area contributed by atoms with E-state index < -0.39 is 296 Å². The van der Waals surface area contributed by atoms with Crippen molar-refractivity contribution in [3.05, 3.63) is 0 Å². The first-order valence-corrected chi connectivity index (χ1v) is 30.1. The molecule has 0 bridgehead atoms. The molecule has 0 aromatic heterocycles.